The third-order valence-electron chi connectivity index (χ3n) is 4.69. The number of hydrogen-bond donors (Lipinski definition) is 3. The van der Waals surface area contributed by atoms with Gasteiger partial charge >= 0.3 is 25.3 Å². The quantitative estimate of drug-likeness (QED) is 0.363. The molecule has 13 nitrogen and oxygen atoms in total. The van der Waals surface area contributed by atoms with Gasteiger partial charge in [0, 0.05) is 12.3 Å². The van der Waals surface area contributed by atoms with Gasteiger partial charge in [0.25, 0.3) is 5.56 Å². The summed E-state index contributed by atoms with van der Waals surface area (Å²) in [5, 5.41) is 4.71. The monoisotopic (exact) mass is 478 g/mol. The van der Waals surface area contributed by atoms with Crippen LogP contribution >= 0.6 is 7.67 Å². The number of halogens is 1. The van der Waals surface area contributed by atoms with Crippen molar-refractivity contribution in [1.82, 2.24) is 19.7 Å². The molecule has 3 heterocycles. The van der Waals surface area contributed by atoms with E-state index in [-0.39, 0.29) is 0 Å². The van der Waals surface area contributed by atoms with Gasteiger partial charge in [-0.1, -0.05) is 0 Å². The molecule has 3 rings (SSSR count). The molecule has 0 saturated carbocycles. The van der Waals surface area contributed by atoms with Crippen LogP contribution in [0.3, 0.4) is 0 Å². The summed E-state index contributed by atoms with van der Waals surface area (Å²) in [4.78, 5) is 49.4. The van der Waals surface area contributed by atoms with E-state index in [1.807, 2.05) is 4.98 Å². The van der Waals surface area contributed by atoms with Gasteiger partial charge in [0.1, 0.15) is 19.2 Å². The molecule has 1 unspecified atom stereocenters. The van der Waals surface area contributed by atoms with Crippen molar-refractivity contribution in [3.05, 3.63) is 33.1 Å². The van der Waals surface area contributed by atoms with E-state index in [1.165, 1.54) is 0 Å². The van der Waals surface area contributed by atoms with Crippen LogP contribution in [0.4, 0.5) is 4.39 Å². The molecule has 0 bridgehead atoms. The van der Waals surface area contributed by atoms with E-state index < -0.39 is 80.8 Å². The summed E-state index contributed by atoms with van der Waals surface area (Å²) in [5.41, 5.74) is -4.02. The second-order valence-electron chi connectivity index (χ2n) is 7.66. The van der Waals surface area contributed by atoms with E-state index in [0.717, 1.165) is 23.8 Å². The number of carbonyl (C=O) groups is 2. The molecular weight excluding hydrogens is 454 g/mol. The molecule has 178 valence electrons. The van der Waals surface area contributed by atoms with Crippen LogP contribution in [-0.4, -0.2) is 65.2 Å². The van der Waals surface area contributed by atoms with E-state index >= 15 is 4.39 Å². The lowest BCUT2D eigenvalue weighted by Crippen LogP contribution is -2.46. The van der Waals surface area contributed by atoms with Gasteiger partial charge < -0.3 is 18.7 Å². The van der Waals surface area contributed by atoms with Crippen LogP contribution in [0.15, 0.2) is 21.9 Å². The van der Waals surface area contributed by atoms with Crippen LogP contribution in [0.2, 0.25) is 0 Å². The normalized spacial score (nSPS) is 33.0. The van der Waals surface area contributed by atoms with Crippen LogP contribution in [0.1, 0.15) is 27.0 Å². The maximum absolute atomic E-state index is 15.7. The minimum absolute atomic E-state index is 0.391. The van der Waals surface area contributed by atoms with Crippen molar-refractivity contribution < 1.29 is 37.3 Å². The Bertz CT molecular complexity index is 1040. The van der Waals surface area contributed by atoms with Gasteiger partial charge in [0.05, 0.1) is 12.7 Å². The van der Waals surface area contributed by atoms with Gasteiger partial charge in [-0.15, -0.1) is 0 Å². The lowest BCUT2D eigenvalue weighted by atomic mass is 9.98. The van der Waals surface area contributed by atoms with E-state index in [4.69, 9.17) is 18.7 Å². The van der Waals surface area contributed by atoms with E-state index in [9.17, 15) is 23.7 Å². The molecular formula is C17H24FN4O9P. The summed E-state index contributed by atoms with van der Waals surface area (Å²) in [6.07, 6.45) is -3.68. The van der Waals surface area contributed by atoms with Crippen molar-refractivity contribution in [3.8, 4) is 0 Å². The molecule has 2 aliphatic heterocycles. The first-order valence-corrected chi connectivity index (χ1v) is 11.3. The first kappa shape index (κ1) is 24.3. The Morgan fingerprint density at radius 1 is 1.44 bits per heavy atom. The Balaban J connectivity index is 1.80. The largest absolute Gasteiger partial charge is 0.462 e. The minimum Gasteiger partial charge on any atom is -0.462 e. The van der Waals surface area contributed by atoms with E-state index in [0.29, 0.717) is 0 Å². The second-order valence-corrected chi connectivity index (χ2v) is 9.66. The first-order valence-electron chi connectivity index (χ1n) is 9.71. The van der Waals surface area contributed by atoms with E-state index in [1.54, 1.807) is 13.8 Å². The Morgan fingerprint density at radius 3 is 2.81 bits per heavy atom. The summed E-state index contributed by atoms with van der Waals surface area (Å²) >= 11 is 0. The van der Waals surface area contributed by atoms with Crippen LogP contribution in [0, 0.1) is 0 Å². The number of fused-ring (bicyclic) bond motifs is 1. The van der Waals surface area contributed by atoms with Gasteiger partial charge in [0.2, 0.25) is 0 Å². The number of nitrogens with one attached hydrogen (secondary N) is 3. The molecule has 1 aromatic heterocycles. The topological polar surface area (TPSA) is 167 Å². The number of hydrogen-bond acceptors (Lipinski definition) is 9. The molecule has 15 heteroatoms. The SMILES string of the molecule is CC(C)OC(=O)CNP1(=O)NCC(=O)O[C@@H]2[C@@H](CO1)O[C@@H](n1ccc(=O)[nH]c1=O)[C@]2(C)F. The summed E-state index contributed by atoms with van der Waals surface area (Å²) in [7, 11) is -3.97. The molecule has 0 aromatic carbocycles. The van der Waals surface area contributed by atoms with Crippen molar-refractivity contribution in [1.29, 1.82) is 0 Å². The Labute approximate surface area is 181 Å². The second kappa shape index (κ2) is 9.24. The maximum Gasteiger partial charge on any atom is 0.341 e. The average molecular weight is 478 g/mol. The highest BCUT2D eigenvalue weighted by molar-refractivity contribution is 7.54. The smallest absolute Gasteiger partial charge is 0.341 e. The summed E-state index contributed by atoms with van der Waals surface area (Å²) in [6.45, 7) is 2.73. The van der Waals surface area contributed by atoms with Gasteiger partial charge in [-0.05, 0) is 20.8 Å². The highest BCUT2D eigenvalue weighted by Gasteiger charge is 2.59. The highest BCUT2D eigenvalue weighted by atomic mass is 31.2. The lowest BCUT2D eigenvalue weighted by molar-refractivity contribution is -0.156. The maximum atomic E-state index is 15.7. The Hall–Kier alpha value is -2.38. The number of rotatable bonds is 5. The third kappa shape index (κ3) is 5.33. The number of esters is 2. The molecule has 1 aromatic rings. The molecule has 2 aliphatic rings. The predicted octanol–water partition coefficient (Wildman–Crippen LogP) is -0.657. The average Bonchev–Trinajstić information content (AvgIpc) is 2.96. The molecule has 0 spiro atoms. The molecule has 0 aliphatic carbocycles. The zero-order valence-electron chi connectivity index (χ0n) is 17.5. The summed E-state index contributed by atoms with van der Waals surface area (Å²) in [5.74, 6) is -1.66. The number of aromatic amines is 1. The van der Waals surface area contributed by atoms with Crippen LogP contribution in [-0.2, 0) is 32.9 Å². The predicted molar refractivity (Wildman–Crippen MR) is 105 cm³/mol. The van der Waals surface area contributed by atoms with Gasteiger partial charge in [-0.2, -0.15) is 0 Å². The first-order chi connectivity index (χ1) is 14.9. The zero-order valence-corrected chi connectivity index (χ0v) is 18.4. The number of aromatic nitrogens is 2. The lowest BCUT2D eigenvalue weighted by Gasteiger charge is -2.27. The molecule has 32 heavy (non-hydrogen) atoms. The van der Waals surface area contributed by atoms with Crippen LogP contribution in [0.5, 0.6) is 0 Å². The number of alkyl halides is 1. The summed E-state index contributed by atoms with van der Waals surface area (Å²) < 4.78 is 50.6. The van der Waals surface area contributed by atoms with Crippen LogP contribution in [0.25, 0.3) is 0 Å². The van der Waals surface area contributed by atoms with Crippen molar-refractivity contribution in [3.63, 3.8) is 0 Å². The Kier molecular flexibility index (Phi) is 7.00. The zero-order chi connectivity index (χ0) is 23.7. The van der Waals surface area contributed by atoms with Crippen molar-refractivity contribution in [2.24, 2.45) is 0 Å². The van der Waals surface area contributed by atoms with Crippen LogP contribution < -0.4 is 21.4 Å². The number of carbonyl (C=O) groups excluding carboxylic acids is 2. The fraction of sp³-hybridized carbons (Fsp3) is 0.647. The Morgan fingerprint density at radius 2 is 2.16 bits per heavy atom. The molecule has 2 fully saturated rings. The van der Waals surface area contributed by atoms with Crippen molar-refractivity contribution in [2.75, 3.05) is 19.7 Å². The van der Waals surface area contributed by atoms with E-state index in [2.05, 4.69) is 10.2 Å². The van der Waals surface area contributed by atoms with Gasteiger partial charge in [-0.25, -0.2) is 19.4 Å². The number of H-pyrrole nitrogens is 1. The summed E-state index contributed by atoms with van der Waals surface area (Å²) in [6, 6.07) is 1.01. The number of nitrogens with zero attached hydrogens (tertiary/aromatic N) is 1. The highest BCUT2D eigenvalue weighted by Crippen LogP contribution is 2.45. The minimum atomic E-state index is -3.97. The molecule has 2 saturated heterocycles. The molecule has 0 radical (unpaired) electrons. The fourth-order valence-corrected chi connectivity index (χ4v) is 4.62. The molecule has 5 atom stereocenters. The van der Waals surface area contributed by atoms with Crippen molar-refractivity contribution in [2.45, 2.75) is 51.0 Å². The van der Waals surface area contributed by atoms with Crippen molar-refractivity contribution >= 4 is 19.6 Å². The van der Waals surface area contributed by atoms with Gasteiger partial charge in [0.15, 0.2) is 18.0 Å². The standard InChI is InChI=1S/C17H24FN4O9P/c1-9(2)29-12(24)6-19-32(27)20-7-13(25)31-14-10(8-28-32)30-15(17(14,3)18)22-5-4-11(23)21-16(22)26/h4-5,9-10,14-15H,6-8H2,1-3H3,(H2,19,20,27)(H,21,23,26)/t10-,14-,15-,17-,32?/m1/s1. The fourth-order valence-electron chi connectivity index (χ4n) is 3.29. The molecule has 3 N–H and O–H groups in total. The van der Waals surface area contributed by atoms with Gasteiger partial charge in [-0.3, -0.25) is 28.5 Å². The molecule has 0 amide bonds. The number of ether oxygens (including phenoxy) is 3. The third-order valence-corrected chi connectivity index (χ3v) is 6.36.